The van der Waals surface area contributed by atoms with Gasteiger partial charge in [0.1, 0.15) is 5.82 Å². The molecule has 56 valence electrons. The van der Waals surface area contributed by atoms with E-state index < -0.39 is 0 Å². The van der Waals surface area contributed by atoms with Gasteiger partial charge in [-0.25, -0.2) is 4.39 Å². The van der Waals surface area contributed by atoms with Gasteiger partial charge < -0.3 is 0 Å². The summed E-state index contributed by atoms with van der Waals surface area (Å²) in [5.74, 6) is -0.254. The zero-order valence-corrected chi connectivity index (χ0v) is 6.95. The van der Waals surface area contributed by atoms with Crippen molar-refractivity contribution in [3.05, 3.63) is 24.0 Å². The largest absolute Gasteiger partial charge is 0.207 e. The zero-order chi connectivity index (χ0) is 7.68. The predicted octanol–water partition coefficient (Wildman–Crippen LogP) is 2.93. The Morgan fingerprint density at radius 1 is 1.36 bits per heavy atom. The Morgan fingerprint density at radius 2 is 2.27 bits per heavy atom. The fraction of sp³-hybridized carbons (Fsp3) is 0. The summed E-state index contributed by atoms with van der Waals surface area (Å²) in [5, 5.41) is 0. The monoisotopic (exact) mass is 186 g/mol. The van der Waals surface area contributed by atoms with Gasteiger partial charge in [-0.05, 0) is 12.1 Å². The molecular formula is C6H3FN2S2. The number of rotatable bonds is 0. The summed E-state index contributed by atoms with van der Waals surface area (Å²) >= 11 is 2.42. The van der Waals surface area contributed by atoms with Gasteiger partial charge in [-0.1, -0.05) is 0 Å². The molecule has 1 aliphatic heterocycles. The molecule has 11 heavy (non-hydrogen) atoms. The average molecular weight is 186 g/mol. The van der Waals surface area contributed by atoms with E-state index in [2.05, 4.69) is 8.13 Å². The van der Waals surface area contributed by atoms with E-state index in [1.807, 2.05) is 0 Å². The van der Waals surface area contributed by atoms with Gasteiger partial charge in [-0.15, -0.1) is 3.77 Å². The summed E-state index contributed by atoms with van der Waals surface area (Å²) in [4.78, 5) is 0.908. The minimum atomic E-state index is -0.254. The summed E-state index contributed by atoms with van der Waals surface area (Å²) in [7, 11) is 0. The Morgan fingerprint density at radius 3 is 3.18 bits per heavy atom. The van der Waals surface area contributed by atoms with Crippen molar-refractivity contribution >= 4 is 29.0 Å². The van der Waals surface area contributed by atoms with Crippen LogP contribution in [0.3, 0.4) is 0 Å². The Kier molecular flexibility index (Phi) is 1.75. The molecular weight excluding hydrogens is 183 g/mol. The highest BCUT2D eigenvalue weighted by Gasteiger charge is 2.05. The maximum absolute atomic E-state index is 12.6. The van der Waals surface area contributed by atoms with Crippen LogP contribution >= 0.6 is 11.9 Å². The van der Waals surface area contributed by atoms with Crippen LogP contribution in [0.5, 0.6) is 0 Å². The number of benzene rings is 1. The van der Waals surface area contributed by atoms with E-state index in [0.717, 1.165) is 16.3 Å². The molecule has 0 spiro atoms. The topological polar surface area (TPSA) is 24.7 Å². The van der Waals surface area contributed by atoms with Crippen molar-refractivity contribution in [3.63, 3.8) is 0 Å². The molecule has 1 aromatic carbocycles. The molecule has 0 unspecified atom stereocenters. The molecule has 5 heteroatoms. The van der Waals surface area contributed by atoms with Crippen LogP contribution in [0.15, 0.2) is 31.2 Å². The number of fused-ring (bicyclic) bond motifs is 1. The third-order valence-electron chi connectivity index (χ3n) is 1.23. The molecule has 2 nitrogen and oxygen atoms in total. The van der Waals surface area contributed by atoms with Crippen LogP contribution in [-0.2, 0) is 11.4 Å². The highest BCUT2D eigenvalue weighted by molar-refractivity contribution is 8.01. The predicted molar refractivity (Wildman–Crippen MR) is 44.1 cm³/mol. The van der Waals surface area contributed by atoms with Gasteiger partial charge in [-0.2, -0.15) is 4.36 Å². The molecule has 0 saturated heterocycles. The van der Waals surface area contributed by atoms with E-state index in [9.17, 15) is 4.39 Å². The van der Waals surface area contributed by atoms with Crippen LogP contribution in [0.2, 0.25) is 0 Å². The van der Waals surface area contributed by atoms with E-state index in [4.69, 9.17) is 0 Å². The highest BCUT2D eigenvalue weighted by Crippen LogP contribution is 2.32. The van der Waals surface area contributed by atoms with Crippen molar-refractivity contribution in [2.45, 2.75) is 4.90 Å². The Balaban J connectivity index is 2.62. The first-order valence-electron chi connectivity index (χ1n) is 2.90. The molecule has 1 aliphatic rings. The lowest BCUT2D eigenvalue weighted by Gasteiger charge is -2.01. The number of hydrogen-bond acceptors (Lipinski definition) is 3. The lowest BCUT2D eigenvalue weighted by atomic mass is 10.3. The second-order valence-electron chi connectivity index (χ2n) is 1.95. The highest BCUT2D eigenvalue weighted by atomic mass is 32.2. The molecule has 0 bridgehead atoms. The summed E-state index contributed by atoms with van der Waals surface area (Å²) in [6, 6.07) is 4.50. The summed E-state index contributed by atoms with van der Waals surface area (Å²) in [5.41, 5.74) is 0.676. The van der Waals surface area contributed by atoms with Gasteiger partial charge >= 0.3 is 0 Å². The van der Waals surface area contributed by atoms with Crippen molar-refractivity contribution < 1.29 is 4.39 Å². The van der Waals surface area contributed by atoms with Crippen LogP contribution < -0.4 is 0 Å². The fourth-order valence-corrected chi connectivity index (χ4v) is 1.97. The van der Waals surface area contributed by atoms with Crippen LogP contribution in [0.25, 0.3) is 0 Å². The van der Waals surface area contributed by atoms with E-state index >= 15 is 0 Å². The van der Waals surface area contributed by atoms with E-state index in [1.54, 1.807) is 6.07 Å². The summed E-state index contributed by atoms with van der Waals surface area (Å²) in [6.07, 6.45) is 0. The molecule has 0 N–H and O–H groups in total. The lowest BCUT2D eigenvalue weighted by molar-refractivity contribution is 0.627. The molecule has 2 rings (SSSR count). The van der Waals surface area contributed by atoms with Crippen molar-refractivity contribution in [2.75, 3.05) is 0 Å². The fourth-order valence-electron chi connectivity index (χ4n) is 0.757. The quantitative estimate of drug-likeness (QED) is 0.572. The molecule has 0 atom stereocenters. The molecule has 0 aliphatic carbocycles. The van der Waals surface area contributed by atoms with Crippen molar-refractivity contribution in [1.29, 1.82) is 0 Å². The molecule has 0 fully saturated rings. The average Bonchev–Trinajstić information content (AvgIpc) is 2.04. The summed E-state index contributed by atoms with van der Waals surface area (Å²) in [6.45, 7) is 0. The third kappa shape index (κ3) is 1.34. The first-order chi connectivity index (χ1) is 5.36. The number of hydrogen-bond donors (Lipinski definition) is 0. The minimum absolute atomic E-state index is 0.254. The smallest absolute Gasteiger partial charge is 0.125 e. The second-order valence-corrected chi connectivity index (χ2v) is 3.52. The van der Waals surface area contributed by atoms with Gasteiger partial charge in [0.2, 0.25) is 0 Å². The standard InChI is InChI=1S/C6H3FN2S2/c7-4-1-2-6-5(3-4)8-11-9-10-6/h1-3H. The van der Waals surface area contributed by atoms with Gasteiger partial charge in [0.05, 0.1) is 21.9 Å². The molecule has 0 radical (unpaired) electrons. The third-order valence-corrected chi connectivity index (χ3v) is 2.61. The maximum Gasteiger partial charge on any atom is 0.125 e. The molecule has 0 aromatic heterocycles. The van der Waals surface area contributed by atoms with Gasteiger partial charge in [-0.3, -0.25) is 0 Å². The number of halogens is 1. The first kappa shape index (κ1) is 7.00. The van der Waals surface area contributed by atoms with E-state index in [-0.39, 0.29) is 5.82 Å². The van der Waals surface area contributed by atoms with E-state index in [1.165, 1.54) is 24.1 Å². The normalized spacial score (nSPS) is 13.9. The number of nitrogens with zero attached hydrogens (tertiary/aromatic N) is 2. The van der Waals surface area contributed by atoms with Crippen molar-refractivity contribution in [1.82, 2.24) is 0 Å². The Bertz CT molecular complexity index is 358. The molecule has 0 saturated carbocycles. The van der Waals surface area contributed by atoms with Gasteiger partial charge in [0.25, 0.3) is 0 Å². The zero-order valence-electron chi connectivity index (χ0n) is 5.32. The lowest BCUT2D eigenvalue weighted by Crippen LogP contribution is -1.77. The maximum atomic E-state index is 12.6. The van der Waals surface area contributed by atoms with Gasteiger partial charge in [0, 0.05) is 18.0 Å². The van der Waals surface area contributed by atoms with Gasteiger partial charge in [0.15, 0.2) is 0 Å². The minimum Gasteiger partial charge on any atom is -0.207 e. The van der Waals surface area contributed by atoms with Crippen LogP contribution in [0.1, 0.15) is 0 Å². The molecule has 0 amide bonds. The molecule has 1 aromatic rings. The van der Waals surface area contributed by atoms with Crippen LogP contribution in [0.4, 0.5) is 10.1 Å². The Labute approximate surface area is 70.8 Å². The molecule has 1 heterocycles. The first-order valence-corrected chi connectivity index (χ1v) is 4.41. The second kappa shape index (κ2) is 2.75. The van der Waals surface area contributed by atoms with Crippen LogP contribution in [0, 0.1) is 5.82 Å². The van der Waals surface area contributed by atoms with Crippen molar-refractivity contribution in [3.8, 4) is 0 Å². The Hall–Kier alpha value is -0.680. The summed E-state index contributed by atoms with van der Waals surface area (Å²) < 4.78 is 20.4. The van der Waals surface area contributed by atoms with Crippen molar-refractivity contribution in [2.24, 2.45) is 8.13 Å². The van der Waals surface area contributed by atoms with Crippen LogP contribution in [-0.4, -0.2) is 0 Å². The van der Waals surface area contributed by atoms with E-state index in [0.29, 0.717) is 5.69 Å². The SMILES string of the molecule is Fc1ccc2c(c1)N=S=NS2.